The van der Waals surface area contributed by atoms with Crippen LogP contribution in [-0.2, 0) is 19.8 Å². The Morgan fingerprint density at radius 1 is 1.31 bits per heavy atom. The van der Waals surface area contributed by atoms with Crippen molar-refractivity contribution < 1.29 is 13.2 Å². The van der Waals surface area contributed by atoms with E-state index < -0.39 is 11.9 Å². The first-order valence-corrected chi connectivity index (χ1v) is 4.53. The van der Waals surface area contributed by atoms with Crippen molar-refractivity contribution in [2.24, 2.45) is 7.05 Å². The molecule has 0 saturated heterocycles. The molecular formula is C9H9F3N4. The Morgan fingerprint density at radius 3 is 2.56 bits per heavy atom. The number of aromatic nitrogens is 4. The fourth-order valence-electron chi connectivity index (χ4n) is 1.29. The SMILES string of the molecule is Cn1ccnc1Cn1ccc(C(F)(F)F)n1. The van der Waals surface area contributed by atoms with Gasteiger partial charge in [-0.05, 0) is 6.07 Å². The molecule has 0 radical (unpaired) electrons. The molecule has 2 aromatic rings. The number of hydrogen-bond acceptors (Lipinski definition) is 2. The number of rotatable bonds is 2. The van der Waals surface area contributed by atoms with Crippen LogP contribution in [0.2, 0.25) is 0 Å². The van der Waals surface area contributed by atoms with Gasteiger partial charge in [0.1, 0.15) is 5.82 Å². The Morgan fingerprint density at radius 2 is 2.06 bits per heavy atom. The van der Waals surface area contributed by atoms with Crippen molar-refractivity contribution in [1.82, 2.24) is 19.3 Å². The summed E-state index contributed by atoms with van der Waals surface area (Å²) in [6.45, 7) is 0.222. The van der Waals surface area contributed by atoms with E-state index in [1.54, 1.807) is 24.0 Å². The average Bonchev–Trinajstić information content (AvgIpc) is 2.76. The lowest BCUT2D eigenvalue weighted by Gasteiger charge is -2.03. The Bertz CT molecular complexity index is 483. The molecular weight excluding hydrogens is 221 g/mol. The summed E-state index contributed by atoms with van der Waals surface area (Å²) in [5.74, 6) is 0.650. The Hall–Kier alpha value is -1.79. The molecule has 0 aliphatic rings. The second kappa shape index (κ2) is 3.66. The van der Waals surface area contributed by atoms with Crippen LogP contribution in [-0.4, -0.2) is 19.3 Å². The van der Waals surface area contributed by atoms with E-state index in [1.807, 2.05) is 0 Å². The molecule has 7 heteroatoms. The van der Waals surface area contributed by atoms with Gasteiger partial charge in [0.25, 0.3) is 0 Å². The largest absolute Gasteiger partial charge is 0.435 e. The molecule has 0 saturated carbocycles. The summed E-state index contributed by atoms with van der Waals surface area (Å²) in [5.41, 5.74) is -0.887. The second-order valence-electron chi connectivity index (χ2n) is 3.35. The molecule has 4 nitrogen and oxygen atoms in total. The number of aryl methyl sites for hydroxylation is 1. The smallest absolute Gasteiger partial charge is 0.336 e. The molecule has 2 heterocycles. The predicted molar refractivity (Wildman–Crippen MR) is 49.5 cm³/mol. The molecule has 0 fully saturated rings. The lowest BCUT2D eigenvalue weighted by molar-refractivity contribution is -0.141. The zero-order valence-corrected chi connectivity index (χ0v) is 8.44. The van der Waals surface area contributed by atoms with Crippen LogP contribution >= 0.6 is 0 Å². The summed E-state index contributed by atoms with van der Waals surface area (Å²) < 4.78 is 39.7. The maximum atomic E-state index is 12.3. The van der Waals surface area contributed by atoms with Crippen molar-refractivity contribution >= 4 is 0 Å². The maximum absolute atomic E-state index is 12.3. The molecule has 0 N–H and O–H groups in total. The van der Waals surface area contributed by atoms with E-state index in [9.17, 15) is 13.2 Å². The third-order valence-electron chi connectivity index (χ3n) is 2.16. The van der Waals surface area contributed by atoms with Gasteiger partial charge in [-0.15, -0.1) is 0 Å². The van der Waals surface area contributed by atoms with Gasteiger partial charge in [-0.3, -0.25) is 4.68 Å². The summed E-state index contributed by atoms with van der Waals surface area (Å²) in [4.78, 5) is 4.00. The van der Waals surface area contributed by atoms with E-state index >= 15 is 0 Å². The summed E-state index contributed by atoms with van der Waals surface area (Å²) in [7, 11) is 1.77. The van der Waals surface area contributed by atoms with E-state index in [-0.39, 0.29) is 6.54 Å². The van der Waals surface area contributed by atoms with E-state index in [4.69, 9.17) is 0 Å². The quantitative estimate of drug-likeness (QED) is 0.786. The van der Waals surface area contributed by atoms with E-state index in [1.165, 1.54) is 10.9 Å². The van der Waals surface area contributed by atoms with Gasteiger partial charge in [-0.2, -0.15) is 18.3 Å². The molecule has 2 aromatic heterocycles. The highest BCUT2D eigenvalue weighted by Gasteiger charge is 2.33. The number of halogens is 3. The molecule has 0 spiro atoms. The number of imidazole rings is 1. The zero-order chi connectivity index (χ0) is 11.8. The van der Waals surface area contributed by atoms with Gasteiger partial charge in [0, 0.05) is 25.6 Å². The third kappa shape index (κ3) is 2.07. The predicted octanol–water partition coefficient (Wildman–Crippen LogP) is 1.68. The van der Waals surface area contributed by atoms with Crippen LogP contribution in [0.25, 0.3) is 0 Å². The highest BCUT2D eigenvalue weighted by Crippen LogP contribution is 2.27. The van der Waals surface area contributed by atoms with E-state index in [2.05, 4.69) is 10.1 Å². The first-order chi connectivity index (χ1) is 7.47. The number of hydrogen-bond donors (Lipinski definition) is 0. The van der Waals surface area contributed by atoms with Crippen molar-refractivity contribution in [3.63, 3.8) is 0 Å². The molecule has 86 valence electrons. The van der Waals surface area contributed by atoms with E-state index in [0.717, 1.165) is 6.07 Å². The Labute approximate surface area is 89.3 Å². The summed E-state index contributed by atoms with van der Waals surface area (Å²) in [6.07, 6.45) is 0.206. The van der Waals surface area contributed by atoms with Gasteiger partial charge >= 0.3 is 6.18 Å². The minimum Gasteiger partial charge on any atom is -0.336 e. The van der Waals surface area contributed by atoms with Gasteiger partial charge in [-0.25, -0.2) is 4.98 Å². The fraction of sp³-hybridized carbons (Fsp3) is 0.333. The van der Waals surface area contributed by atoms with Gasteiger partial charge in [0.15, 0.2) is 5.69 Å². The Kier molecular flexibility index (Phi) is 2.45. The minimum atomic E-state index is -4.40. The van der Waals surface area contributed by atoms with Crippen LogP contribution in [0.15, 0.2) is 24.7 Å². The first-order valence-electron chi connectivity index (χ1n) is 4.53. The fourth-order valence-corrected chi connectivity index (χ4v) is 1.29. The van der Waals surface area contributed by atoms with Crippen LogP contribution < -0.4 is 0 Å². The molecule has 0 amide bonds. The van der Waals surface area contributed by atoms with Crippen LogP contribution in [0, 0.1) is 0 Å². The van der Waals surface area contributed by atoms with Crippen LogP contribution in [0.3, 0.4) is 0 Å². The number of nitrogens with zero attached hydrogens (tertiary/aromatic N) is 4. The molecule has 0 unspecified atom stereocenters. The molecule has 0 bridgehead atoms. The van der Waals surface area contributed by atoms with Crippen molar-refractivity contribution in [1.29, 1.82) is 0 Å². The van der Waals surface area contributed by atoms with Gasteiger partial charge in [0.2, 0.25) is 0 Å². The standard InChI is InChI=1S/C9H9F3N4/c1-15-5-3-13-8(15)6-16-4-2-7(14-16)9(10,11)12/h2-5H,6H2,1H3. The van der Waals surface area contributed by atoms with Crippen LogP contribution in [0.5, 0.6) is 0 Å². The molecule has 0 atom stereocenters. The minimum absolute atomic E-state index is 0.222. The highest BCUT2D eigenvalue weighted by molar-refractivity contribution is 5.04. The van der Waals surface area contributed by atoms with Crippen molar-refractivity contribution in [3.8, 4) is 0 Å². The lowest BCUT2D eigenvalue weighted by atomic mass is 10.4. The number of alkyl halides is 3. The van der Waals surface area contributed by atoms with Crippen LogP contribution in [0.4, 0.5) is 13.2 Å². The molecule has 2 rings (SSSR count). The average molecular weight is 230 g/mol. The lowest BCUT2D eigenvalue weighted by Crippen LogP contribution is -2.10. The summed E-state index contributed by atoms with van der Waals surface area (Å²) >= 11 is 0. The van der Waals surface area contributed by atoms with Crippen molar-refractivity contribution in [2.45, 2.75) is 12.7 Å². The zero-order valence-electron chi connectivity index (χ0n) is 8.44. The summed E-state index contributed by atoms with van der Waals surface area (Å²) in [6, 6.07) is 0.947. The monoisotopic (exact) mass is 230 g/mol. The van der Waals surface area contributed by atoms with Gasteiger partial charge in [0.05, 0.1) is 6.54 Å². The summed E-state index contributed by atoms with van der Waals surface area (Å²) in [5, 5.41) is 3.44. The molecule has 16 heavy (non-hydrogen) atoms. The highest BCUT2D eigenvalue weighted by atomic mass is 19.4. The van der Waals surface area contributed by atoms with Gasteiger partial charge in [-0.1, -0.05) is 0 Å². The Balaban J connectivity index is 2.18. The van der Waals surface area contributed by atoms with Gasteiger partial charge < -0.3 is 4.57 Å². The molecule has 0 aliphatic heterocycles. The van der Waals surface area contributed by atoms with Crippen molar-refractivity contribution in [3.05, 3.63) is 36.2 Å². The maximum Gasteiger partial charge on any atom is 0.435 e. The first kappa shape index (κ1) is 10.7. The third-order valence-corrected chi connectivity index (χ3v) is 2.16. The van der Waals surface area contributed by atoms with Crippen LogP contribution in [0.1, 0.15) is 11.5 Å². The molecule has 0 aliphatic carbocycles. The van der Waals surface area contributed by atoms with Crippen molar-refractivity contribution in [2.75, 3.05) is 0 Å². The topological polar surface area (TPSA) is 35.6 Å². The second-order valence-corrected chi connectivity index (χ2v) is 3.35. The molecule has 0 aromatic carbocycles. The normalized spacial score (nSPS) is 12.0. The van der Waals surface area contributed by atoms with E-state index in [0.29, 0.717) is 5.82 Å².